The highest BCUT2D eigenvalue weighted by molar-refractivity contribution is 6.15. The van der Waals surface area contributed by atoms with Gasteiger partial charge in [-0.05, 0) is 23.6 Å². The van der Waals surface area contributed by atoms with Crippen LogP contribution in [0, 0.1) is 0 Å². The lowest BCUT2D eigenvalue weighted by Gasteiger charge is -2.24. The number of epoxide rings is 1. The standard InChI is InChI=1S/C27H23NO3/c1-19-17-24(29)28(26(19)30)18-23(20-11-5-2-6-12-20)25-27(31-25,21-13-7-3-8-14-21)22-15-9-4-10-16-22/h2-17,23,25H,18H2,1H3. The summed E-state index contributed by atoms with van der Waals surface area (Å²) in [6.45, 7) is 1.96. The second kappa shape index (κ2) is 7.64. The van der Waals surface area contributed by atoms with Crippen molar-refractivity contribution in [2.45, 2.75) is 24.5 Å². The molecule has 0 saturated carbocycles. The zero-order valence-electron chi connectivity index (χ0n) is 17.3. The number of benzene rings is 3. The average Bonchev–Trinajstić information content (AvgIpc) is 3.52. The van der Waals surface area contributed by atoms with Gasteiger partial charge in [-0.2, -0.15) is 0 Å². The van der Waals surface area contributed by atoms with Gasteiger partial charge in [0.2, 0.25) is 0 Å². The zero-order chi connectivity index (χ0) is 21.4. The third kappa shape index (κ3) is 3.29. The topological polar surface area (TPSA) is 49.9 Å². The van der Waals surface area contributed by atoms with Crippen molar-refractivity contribution in [3.05, 3.63) is 119 Å². The van der Waals surface area contributed by atoms with Gasteiger partial charge in [0, 0.05) is 24.1 Å². The van der Waals surface area contributed by atoms with E-state index in [1.165, 1.54) is 11.0 Å². The van der Waals surface area contributed by atoms with Crippen LogP contribution >= 0.6 is 0 Å². The van der Waals surface area contributed by atoms with Crippen molar-refractivity contribution in [2.24, 2.45) is 0 Å². The predicted octanol–water partition coefficient (Wildman–Crippen LogP) is 4.43. The molecule has 0 radical (unpaired) electrons. The molecule has 2 unspecified atom stereocenters. The van der Waals surface area contributed by atoms with Crippen molar-refractivity contribution in [2.75, 3.05) is 6.54 Å². The Morgan fingerprint density at radius 3 is 1.84 bits per heavy atom. The molecule has 4 heteroatoms. The Labute approximate surface area is 181 Å². The van der Waals surface area contributed by atoms with E-state index in [4.69, 9.17) is 4.74 Å². The van der Waals surface area contributed by atoms with Gasteiger partial charge in [0.05, 0.1) is 0 Å². The van der Waals surface area contributed by atoms with Gasteiger partial charge in [0.25, 0.3) is 11.8 Å². The van der Waals surface area contributed by atoms with E-state index in [0.29, 0.717) is 5.57 Å². The molecule has 0 N–H and O–H groups in total. The van der Waals surface area contributed by atoms with Gasteiger partial charge in [-0.15, -0.1) is 0 Å². The van der Waals surface area contributed by atoms with Gasteiger partial charge in [-0.3, -0.25) is 14.5 Å². The molecule has 4 nitrogen and oxygen atoms in total. The van der Waals surface area contributed by atoms with E-state index in [9.17, 15) is 9.59 Å². The molecule has 2 heterocycles. The summed E-state index contributed by atoms with van der Waals surface area (Å²) in [4.78, 5) is 26.5. The molecular formula is C27H23NO3. The Kier molecular flexibility index (Phi) is 4.79. The van der Waals surface area contributed by atoms with E-state index < -0.39 is 5.60 Å². The van der Waals surface area contributed by atoms with E-state index in [1.54, 1.807) is 6.92 Å². The number of imide groups is 1. The molecule has 31 heavy (non-hydrogen) atoms. The van der Waals surface area contributed by atoms with Crippen molar-refractivity contribution in [3.8, 4) is 0 Å². The highest BCUT2D eigenvalue weighted by Gasteiger charge is 2.62. The third-order valence-corrected chi connectivity index (χ3v) is 6.22. The summed E-state index contributed by atoms with van der Waals surface area (Å²) in [5.41, 5.74) is 3.05. The molecular weight excluding hydrogens is 386 g/mol. The van der Waals surface area contributed by atoms with Crippen LogP contribution in [0.1, 0.15) is 29.5 Å². The summed E-state index contributed by atoms with van der Waals surface area (Å²) in [6.07, 6.45) is 1.21. The number of hydrogen-bond donors (Lipinski definition) is 0. The van der Waals surface area contributed by atoms with Gasteiger partial charge >= 0.3 is 0 Å². The lowest BCUT2D eigenvalue weighted by Crippen LogP contribution is -2.37. The van der Waals surface area contributed by atoms with Crippen molar-refractivity contribution in [3.63, 3.8) is 0 Å². The van der Waals surface area contributed by atoms with E-state index in [-0.39, 0.29) is 30.4 Å². The lowest BCUT2D eigenvalue weighted by atomic mass is 9.81. The first kappa shape index (κ1) is 19.5. The first-order chi connectivity index (χ1) is 15.1. The molecule has 2 amide bonds. The second-order valence-electron chi connectivity index (χ2n) is 8.10. The fraction of sp³-hybridized carbons (Fsp3) is 0.185. The fourth-order valence-corrected chi connectivity index (χ4v) is 4.62. The Morgan fingerprint density at radius 2 is 1.35 bits per heavy atom. The van der Waals surface area contributed by atoms with Crippen molar-refractivity contribution in [1.82, 2.24) is 4.90 Å². The smallest absolute Gasteiger partial charge is 0.256 e. The minimum absolute atomic E-state index is 0.159. The minimum Gasteiger partial charge on any atom is -0.355 e. The van der Waals surface area contributed by atoms with Crippen LogP contribution in [-0.4, -0.2) is 29.4 Å². The quantitative estimate of drug-likeness (QED) is 0.447. The van der Waals surface area contributed by atoms with Crippen LogP contribution < -0.4 is 0 Å². The summed E-state index contributed by atoms with van der Waals surface area (Å²) >= 11 is 0. The Balaban J connectivity index is 1.57. The Hall–Kier alpha value is -3.50. The summed E-state index contributed by atoms with van der Waals surface area (Å²) in [5.74, 6) is -0.639. The molecule has 3 aromatic carbocycles. The normalized spacial score (nSPS) is 20.5. The molecule has 0 bridgehead atoms. The predicted molar refractivity (Wildman–Crippen MR) is 118 cm³/mol. The summed E-state index contributed by atoms with van der Waals surface area (Å²) in [5, 5.41) is 0. The van der Waals surface area contributed by atoms with Crippen LogP contribution in [0.5, 0.6) is 0 Å². The first-order valence-electron chi connectivity index (χ1n) is 10.5. The fourth-order valence-electron chi connectivity index (χ4n) is 4.62. The van der Waals surface area contributed by atoms with E-state index in [1.807, 2.05) is 66.7 Å². The van der Waals surface area contributed by atoms with Gasteiger partial charge < -0.3 is 4.74 Å². The highest BCUT2D eigenvalue weighted by atomic mass is 16.6. The molecule has 0 spiro atoms. The molecule has 0 aliphatic carbocycles. The van der Waals surface area contributed by atoms with Crippen LogP contribution in [-0.2, 0) is 19.9 Å². The van der Waals surface area contributed by atoms with Gasteiger partial charge in [-0.1, -0.05) is 91.0 Å². The number of rotatable bonds is 6. The first-order valence-corrected chi connectivity index (χ1v) is 10.5. The number of hydrogen-bond acceptors (Lipinski definition) is 3. The van der Waals surface area contributed by atoms with Gasteiger partial charge in [-0.25, -0.2) is 0 Å². The summed E-state index contributed by atoms with van der Waals surface area (Å²) in [7, 11) is 0. The Morgan fingerprint density at radius 1 is 0.839 bits per heavy atom. The summed E-state index contributed by atoms with van der Waals surface area (Å²) < 4.78 is 6.53. The second-order valence-corrected chi connectivity index (χ2v) is 8.10. The van der Waals surface area contributed by atoms with Gasteiger partial charge in [0.1, 0.15) is 11.7 Å². The van der Waals surface area contributed by atoms with E-state index in [0.717, 1.165) is 16.7 Å². The van der Waals surface area contributed by atoms with Crippen molar-refractivity contribution in [1.29, 1.82) is 0 Å². The maximum atomic E-state index is 12.6. The highest BCUT2D eigenvalue weighted by Crippen LogP contribution is 2.57. The largest absolute Gasteiger partial charge is 0.355 e. The molecule has 2 aliphatic heterocycles. The molecule has 3 aromatic rings. The average molecular weight is 409 g/mol. The van der Waals surface area contributed by atoms with Crippen LogP contribution in [0.15, 0.2) is 103 Å². The number of carbonyl (C=O) groups excluding carboxylic acids is 2. The van der Waals surface area contributed by atoms with Crippen molar-refractivity contribution < 1.29 is 14.3 Å². The molecule has 154 valence electrons. The molecule has 1 saturated heterocycles. The number of ether oxygens (including phenoxy) is 1. The van der Waals surface area contributed by atoms with E-state index >= 15 is 0 Å². The zero-order valence-corrected chi connectivity index (χ0v) is 17.3. The van der Waals surface area contributed by atoms with Crippen LogP contribution in [0.25, 0.3) is 0 Å². The third-order valence-electron chi connectivity index (χ3n) is 6.22. The SMILES string of the molecule is CC1=CC(=O)N(CC(c2ccccc2)C2OC2(c2ccccc2)c2ccccc2)C1=O. The maximum absolute atomic E-state index is 12.6. The molecule has 0 aromatic heterocycles. The van der Waals surface area contributed by atoms with Crippen molar-refractivity contribution >= 4 is 11.8 Å². The number of carbonyl (C=O) groups is 2. The van der Waals surface area contributed by atoms with Crippen LogP contribution in [0.3, 0.4) is 0 Å². The summed E-state index contributed by atoms with van der Waals surface area (Å²) in [6, 6.07) is 30.3. The van der Waals surface area contributed by atoms with Gasteiger partial charge in [0.15, 0.2) is 0 Å². The number of amides is 2. The number of nitrogens with zero attached hydrogens (tertiary/aromatic N) is 1. The minimum atomic E-state index is -0.614. The lowest BCUT2D eigenvalue weighted by molar-refractivity contribution is -0.137. The molecule has 1 fully saturated rings. The molecule has 5 rings (SSSR count). The Bertz CT molecular complexity index is 1100. The molecule has 2 aliphatic rings. The monoisotopic (exact) mass is 409 g/mol. The maximum Gasteiger partial charge on any atom is 0.256 e. The van der Waals surface area contributed by atoms with Crippen LogP contribution in [0.4, 0.5) is 0 Å². The molecule has 2 atom stereocenters. The van der Waals surface area contributed by atoms with E-state index in [2.05, 4.69) is 24.3 Å². The van der Waals surface area contributed by atoms with Crippen LogP contribution in [0.2, 0.25) is 0 Å².